The third-order valence-electron chi connectivity index (χ3n) is 5.30. The predicted molar refractivity (Wildman–Crippen MR) is 122 cm³/mol. The minimum Gasteiger partial charge on any atom is -0.385 e. The van der Waals surface area contributed by atoms with Gasteiger partial charge in [0.25, 0.3) is 0 Å². The number of benzene rings is 4. The highest BCUT2D eigenvalue weighted by atomic mass is 19.2. The Morgan fingerprint density at radius 3 is 2.25 bits per heavy atom. The molecule has 160 valence electrons. The summed E-state index contributed by atoms with van der Waals surface area (Å²) in [5.41, 5.74) is 3.74. The van der Waals surface area contributed by atoms with Gasteiger partial charge in [-0.05, 0) is 65.8 Å². The van der Waals surface area contributed by atoms with Gasteiger partial charge >= 0.3 is 0 Å². The lowest BCUT2D eigenvalue weighted by molar-refractivity contribution is 0.195. The number of aryl methyl sites for hydroxylation is 1. The van der Waals surface area contributed by atoms with E-state index in [9.17, 15) is 13.2 Å². The SMILES string of the molecule is COCCCc1ccc(-c2ccc(C#Cc3ccc4c(F)c(F)ccc4c3)cc2)c(F)c1. The molecule has 0 aliphatic carbocycles. The van der Waals surface area contributed by atoms with Gasteiger partial charge in [0.05, 0.1) is 0 Å². The second-order valence-corrected chi connectivity index (χ2v) is 7.54. The Kier molecular flexibility index (Phi) is 6.58. The van der Waals surface area contributed by atoms with Gasteiger partial charge in [-0.1, -0.05) is 48.2 Å². The lowest BCUT2D eigenvalue weighted by Gasteiger charge is -2.07. The second-order valence-electron chi connectivity index (χ2n) is 7.54. The van der Waals surface area contributed by atoms with E-state index in [0.29, 0.717) is 23.1 Å². The molecule has 0 amide bonds. The van der Waals surface area contributed by atoms with Gasteiger partial charge in [-0.15, -0.1) is 0 Å². The summed E-state index contributed by atoms with van der Waals surface area (Å²) in [5.74, 6) is 4.13. The monoisotopic (exact) mass is 430 g/mol. The Balaban J connectivity index is 1.51. The first-order valence-electron chi connectivity index (χ1n) is 10.3. The molecule has 0 heterocycles. The van der Waals surface area contributed by atoms with Crippen molar-refractivity contribution in [1.29, 1.82) is 0 Å². The van der Waals surface area contributed by atoms with Crippen LogP contribution >= 0.6 is 0 Å². The standard InChI is InChI=1S/C28H21F3O/c1-32-16-2-3-20-8-13-24(27(30)18-20)22-10-6-19(7-11-22)4-5-21-9-14-25-23(17-21)12-15-26(29)28(25)31/h6-15,17-18H,2-3,16H2,1H3. The van der Waals surface area contributed by atoms with Gasteiger partial charge in [0.1, 0.15) is 5.82 Å². The van der Waals surface area contributed by atoms with Gasteiger partial charge in [0.2, 0.25) is 0 Å². The Hall–Kier alpha value is -3.55. The molecule has 0 saturated carbocycles. The summed E-state index contributed by atoms with van der Waals surface area (Å²) in [4.78, 5) is 0. The molecule has 0 N–H and O–H groups in total. The van der Waals surface area contributed by atoms with E-state index in [-0.39, 0.29) is 11.2 Å². The van der Waals surface area contributed by atoms with E-state index in [4.69, 9.17) is 4.74 Å². The molecule has 4 aromatic rings. The molecular formula is C28H21F3O. The zero-order valence-electron chi connectivity index (χ0n) is 17.6. The molecule has 4 aromatic carbocycles. The van der Waals surface area contributed by atoms with Crippen molar-refractivity contribution in [3.63, 3.8) is 0 Å². The molecule has 0 bridgehead atoms. The minimum atomic E-state index is -0.867. The maximum atomic E-state index is 14.6. The van der Waals surface area contributed by atoms with E-state index >= 15 is 0 Å². The fraction of sp³-hybridized carbons (Fsp3) is 0.143. The molecular weight excluding hydrogens is 409 g/mol. The average Bonchev–Trinajstić information content (AvgIpc) is 2.81. The van der Waals surface area contributed by atoms with Crippen LogP contribution in [0.25, 0.3) is 21.9 Å². The highest BCUT2D eigenvalue weighted by molar-refractivity contribution is 5.84. The van der Waals surface area contributed by atoms with Crippen LogP contribution < -0.4 is 0 Å². The summed E-state index contributed by atoms with van der Waals surface area (Å²) < 4.78 is 46.8. The number of methoxy groups -OCH3 is 1. The third kappa shape index (κ3) is 4.85. The molecule has 0 spiro atoms. The van der Waals surface area contributed by atoms with Crippen LogP contribution in [0.2, 0.25) is 0 Å². The second kappa shape index (κ2) is 9.72. The minimum absolute atomic E-state index is 0.228. The quantitative estimate of drug-likeness (QED) is 0.247. The maximum absolute atomic E-state index is 14.6. The van der Waals surface area contributed by atoms with Crippen LogP contribution in [0.15, 0.2) is 72.8 Å². The van der Waals surface area contributed by atoms with E-state index in [0.717, 1.165) is 35.6 Å². The largest absolute Gasteiger partial charge is 0.385 e. The zero-order chi connectivity index (χ0) is 22.5. The first kappa shape index (κ1) is 21.7. The Bertz CT molecular complexity index is 1310. The van der Waals surface area contributed by atoms with Gasteiger partial charge < -0.3 is 4.74 Å². The fourth-order valence-electron chi connectivity index (χ4n) is 3.59. The molecule has 0 aliphatic rings. The highest BCUT2D eigenvalue weighted by Crippen LogP contribution is 2.25. The zero-order valence-corrected chi connectivity index (χ0v) is 17.6. The van der Waals surface area contributed by atoms with Crippen LogP contribution in [-0.4, -0.2) is 13.7 Å². The summed E-state index contributed by atoms with van der Waals surface area (Å²) in [7, 11) is 1.66. The molecule has 4 rings (SSSR count). The Labute approximate surface area is 185 Å². The lowest BCUT2D eigenvalue weighted by atomic mass is 10.00. The highest BCUT2D eigenvalue weighted by Gasteiger charge is 2.08. The van der Waals surface area contributed by atoms with Gasteiger partial charge in [-0.25, -0.2) is 13.2 Å². The van der Waals surface area contributed by atoms with E-state index in [1.165, 1.54) is 12.1 Å². The molecule has 0 fully saturated rings. The topological polar surface area (TPSA) is 9.23 Å². The molecule has 0 unspecified atom stereocenters. The number of hydrogen-bond acceptors (Lipinski definition) is 1. The fourth-order valence-corrected chi connectivity index (χ4v) is 3.59. The first-order chi connectivity index (χ1) is 15.5. The van der Waals surface area contributed by atoms with Crippen molar-refractivity contribution in [1.82, 2.24) is 0 Å². The smallest absolute Gasteiger partial charge is 0.166 e. The molecule has 1 nitrogen and oxygen atoms in total. The Morgan fingerprint density at radius 2 is 1.50 bits per heavy atom. The summed E-state index contributed by atoms with van der Waals surface area (Å²) >= 11 is 0. The number of fused-ring (bicyclic) bond motifs is 1. The van der Waals surface area contributed by atoms with Crippen molar-refractivity contribution in [2.45, 2.75) is 12.8 Å². The maximum Gasteiger partial charge on any atom is 0.166 e. The van der Waals surface area contributed by atoms with Crippen molar-refractivity contribution in [2.24, 2.45) is 0 Å². The van der Waals surface area contributed by atoms with Crippen molar-refractivity contribution in [2.75, 3.05) is 13.7 Å². The molecule has 0 saturated heterocycles. The van der Waals surface area contributed by atoms with Crippen molar-refractivity contribution < 1.29 is 17.9 Å². The van der Waals surface area contributed by atoms with E-state index in [1.807, 2.05) is 30.3 Å². The van der Waals surface area contributed by atoms with Crippen LogP contribution in [0.5, 0.6) is 0 Å². The molecule has 32 heavy (non-hydrogen) atoms. The van der Waals surface area contributed by atoms with Crippen LogP contribution in [0.4, 0.5) is 13.2 Å². The summed E-state index contributed by atoms with van der Waals surface area (Å²) in [6.07, 6.45) is 1.63. The molecule has 0 aromatic heterocycles. The predicted octanol–water partition coefficient (Wildman–Crippen LogP) is 6.90. The molecule has 0 atom stereocenters. The van der Waals surface area contributed by atoms with Crippen molar-refractivity contribution in [3.8, 4) is 23.0 Å². The van der Waals surface area contributed by atoms with Crippen LogP contribution in [-0.2, 0) is 11.2 Å². The van der Waals surface area contributed by atoms with Crippen molar-refractivity contribution in [3.05, 3.63) is 107 Å². The summed E-state index contributed by atoms with van der Waals surface area (Å²) in [6.45, 7) is 0.653. The average molecular weight is 430 g/mol. The molecule has 4 heteroatoms. The van der Waals surface area contributed by atoms with Crippen LogP contribution in [0.1, 0.15) is 23.1 Å². The van der Waals surface area contributed by atoms with Gasteiger partial charge in [-0.2, -0.15) is 0 Å². The van der Waals surface area contributed by atoms with E-state index < -0.39 is 11.6 Å². The molecule has 0 radical (unpaired) electrons. The van der Waals surface area contributed by atoms with E-state index in [1.54, 1.807) is 31.4 Å². The molecule has 0 aliphatic heterocycles. The number of hydrogen-bond donors (Lipinski definition) is 0. The third-order valence-corrected chi connectivity index (χ3v) is 5.30. The number of ether oxygens (including phenoxy) is 1. The number of halogens is 3. The van der Waals surface area contributed by atoms with Crippen molar-refractivity contribution >= 4 is 10.8 Å². The number of rotatable bonds is 5. The van der Waals surface area contributed by atoms with Gasteiger partial charge in [0, 0.05) is 35.8 Å². The normalized spacial score (nSPS) is 10.8. The summed E-state index contributed by atoms with van der Waals surface area (Å²) in [5, 5.41) is 0.818. The van der Waals surface area contributed by atoms with Gasteiger partial charge in [-0.3, -0.25) is 0 Å². The van der Waals surface area contributed by atoms with Crippen LogP contribution in [0, 0.1) is 29.3 Å². The first-order valence-corrected chi connectivity index (χ1v) is 10.3. The lowest BCUT2D eigenvalue weighted by Crippen LogP contribution is -1.94. The van der Waals surface area contributed by atoms with Crippen LogP contribution in [0.3, 0.4) is 0 Å². The Morgan fingerprint density at radius 1 is 0.750 bits per heavy atom. The van der Waals surface area contributed by atoms with E-state index in [2.05, 4.69) is 11.8 Å². The van der Waals surface area contributed by atoms with Gasteiger partial charge in [0.15, 0.2) is 11.6 Å². The summed E-state index contributed by atoms with van der Waals surface area (Å²) in [6, 6.07) is 20.2.